The fraction of sp³-hybridized carbons (Fsp3) is 0.429. The molecule has 0 saturated carbocycles. The van der Waals surface area contributed by atoms with Crippen LogP contribution in [-0.2, 0) is 20.8 Å². The Morgan fingerprint density at radius 2 is 1.69 bits per heavy atom. The number of hydrogen-bond acceptors (Lipinski definition) is 6. The molecule has 3 rings (SSSR count). The van der Waals surface area contributed by atoms with E-state index < -0.39 is 11.9 Å². The summed E-state index contributed by atoms with van der Waals surface area (Å²) in [4.78, 5) is 25.5. The third-order valence-corrected chi connectivity index (χ3v) is 4.97. The molecule has 8 nitrogen and oxygen atoms in total. The maximum atomic E-state index is 12.0. The highest BCUT2D eigenvalue weighted by Crippen LogP contribution is 2.25. The van der Waals surface area contributed by atoms with Gasteiger partial charge >= 0.3 is 11.9 Å². The van der Waals surface area contributed by atoms with Gasteiger partial charge in [-0.1, -0.05) is 0 Å². The Kier molecular flexibility index (Phi) is 7.40. The summed E-state index contributed by atoms with van der Waals surface area (Å²) in [5.74, 6) is 0.369. The zero-order valence-electron chi connectivity index (χ0n) is 16.9. The van der Waals surface area contributed by atoms with Gasteiger partial charge in [0.05, 0.1) is 38.6 Å². The Balaban J connectivity index is 1.65. The molecular formula is C21H28N2O6+2. The van der Waals surface area contributed by atoms with Crippen molar-refractivity contribution in [1.82, 2.24) is 0 Å². The molecule has 1 aromatic carbocycles. The lowest BCUT2D eigenvalue weighted by Gasteiger charge is -2.22. The van der Waals surface area contributed by atoms with Gasteiger partial charge in [0.25, 0.3) is 0 Å². The highest BCUT2D eigenvalue weighted by molar-refractivity contribution is 5.97. The number of benzene rings is 1. The topological polar surface area (TPSA) is 96.0 Å². The third kappa shape index (κ3) is 5.66. The maximum Gasteiger partial charge on any atom is 0.337 e. The summed E-state index contributed by atoms with van der Waals surface area (Å²) in [5.41, 5.74) is 1.16. The summed E-state index contributed by atoms with van der Waals surface area (Å²) in [6.45, 7) is 6.65. The number of esters is 2. The molecule has 1 aliphatic rings. The van der Waals surface area contributed by atoms with Gasteiger partial charge in [0.1, 0.15) is 38.5 Å². The summed E-state index contributed by atoms with van der Waals surface area (Å²) in [5, 5.41) is 2.22. The van der Waals surface area contributed by atoms with Crippen molar-refractivity contribution in [2.75, 3.05) is 53.6 Å². The Hall–Kier alpha value is -2.68. The number of furan rings is 1. The highest BCUT2D eigenvalue weighted by Gasteiger charge is 2.17. The summed E-state index contributed by atoms with van der Waals surface area (Å²) >= 11 is 0. The number of carbonyl (C=O) groups is 2. The van der Waals surface area contributed by atoms with E-state index in [4.69, 9.17) is 18.6 Å². The van der Waals surface area contributed by atoms with Crippen LogP contribution in [0.15, 0.2) is 34.7 Å². The van der Waals surface area contributed by atoms with Crippen LogP contribution in [0.5, 0.6) is 0 Å². The van der Waals surface area contributed by atoms with E-state index in [1.807, 2.05) is 12.1 Å². The first-order valence-electron chi connectivity index (χ1n) is 9.74. The van der Waals surface area contributed by atoms with E-state index in [1.165, 1.54) is 20.3 Å². The van der Waals surface area contributed by atoms with Crippen molar-refractivity contribution in [3.63, 3.8) is 0 Å². The normalized spacial score (nSPS) is 14.6. The Morgan fingerprint density at radius 3 is 2.31 bits per heavy atom. The van der Waals surface area contributed by atoms with Crippen molar-refractivity contribution in [3.05, 3.63) is 47.2 Å². The molecule has 2 aromatic rings. The molecule has 0 amide bonds. The fourth-order valence-corrected chi connectivity index (χ4v) is 3.34. The second-order valence-electron chi connectivity index (χ2n) is 6.94. The van der Waals surface area contributed by atoms with Gasteiger partial charge in [0.15, 0.2) is 5.76 Å². The number of quaternary nitrogens is 2. The van der Waals surface area contributed by atoms with E-state index in [0.29, 0.717) is 11.3 Å². The number of nitrogens with one attached hydrogen (secondary N) is 1. The molecule has 1 saturated heterocycles. The van der Waals surface area contributed by atoms with E-state index in [-0.39, 0.29) is 11.1 Å². The van der Waals surface area contributed by atoms with Crippen LogP contribution in [0.2, 0.25) is 0 Å². The van der Waals surface area contributed by atoms with Gasteiger partial charge in [-0.15, -0.1) is 0 Å². The monoisotopic (exact) mass is 404 g/mol. The molecule has 0 spiro atoms. The highest BCUT2D eigenvalue weighted by atomic mass is 16.5. The standard InChI is InChI=1S/C21H26N2O6/c1-26-20(24)16-11-15(12-17(13-16)21(25)27-2)19-4-3-18(29-19)14-22-5-6-23-7-9-28-10-8-23/h3-4,11-13,22H,5-10,14H2,1-2H3/p+2. The molecule has 3 N–H and O–H groups in total. The molecular weight excluding hydrogens is 376 g/mol. The molecule has 1 aliphatic heterocycles. The average molecular weight is 404 g/mol. The second kappa shape index (κ2) is 10.2. The van der Waals surface area contributed by atoms with Gasteiger partial charge in [0, 0.05) is 5.56 Å². The zero-order chi connectivity index (χ0) is 20.6. The zero-order valence-corrected chi connectivity index (χ0v) is 16.9. The van der Waals surface area contributed by atoms with E-state index in [9.17, 15) is 9.59 Å². The van der Waals surface area contributed by atoms with Crippen molar-refractivity contribution in [1.29, 1.82) is 0 Å². The quantitative estimate of drug-likeness (QED) is 0.455. The predicted octanol–water partition coefficient (Wildman–Crippen LogP) is -0.502. The van der Waals surface area contributed by atoms with Crippen LogP contribution in [-0.4, -0.2) is 65.6 Å². The average Bonchev–Trinajstić information content (AvgIpc) is 3.25. The Morgan fingerprint density at radius 1 is 1.03 bits per heavy atom. The van der Waals surface area contributed by atoms with Crippen LogP contribution in [0, 0.1) is 0 Å². The molecule has 0 bridgehead atoms. The first-order valence-corrected chi connectivity index (χ1v) is 9.74. The number of methoxy groups -OCH3 is 2. The lowest BCUT2D eigenvalue weighted by atomic mass is 10.0. The second-order valence-corrected chi connectivity index (χ2v) is 6.94. The minimum absolute atomic E-state index is 0.267. The van der Waals surface area contributed by atoms with Gasteiger partial charge in [-0.05, 0) is 30.3 Å². The van der Waals surface area contributed by atoms with Crippen molar-refractivity contribution < 1.29 is 38.4 Å². The Labute approximate surface area is 169 Å². The van der Waals surface area contributed by atoms with Crippen LogP contribution in [0.25, 0.3) is 11.3 Å². The lowest BCUT2D eigenvalue weighted by molar-refractivity contribution is -0.920. The minimum atomic E-state index is -0.525. The summed E-state index contributed by atoms with van der Waals surface area (Å²) in [6.07, 6.45) is 0. The van der Waals surface area contributed by atoms with E-state index in [1.54, 1.807) is 17.0 Å². The molecule has 2 heterocycles. The number of rotatable bonds is 8. The van der Waals surface area contributed by atoms with Crippen LogP contribution < -0.4 is 10.2 Å². The molecule has 156 valence electrons. The molecule has 1 fully saturated rings. The first kappa shape index (κ1) is 21.0. The summed E-state index contributed by atoms with van der Waals surface area (Å²) in [7, 11) is 2.60. The van der Waals surface area contributed by atoms with Crippen LogP contribution in [0.1, 0.15) is 26.5 Å². The van der Waals surface area contributed by atoms with Gasteiger partial charge in [-0.2, -0.15) is 0 Å². The van der Waals surface area contributed by atoms with Crippen molar-refractivity contribution in [3.8, 4) is 11.3 Å². The smallest absolute Gasteiger partial charge is 0.337 e. The SMILES string of the molecule is COC(=O)c1cc(C(=O)OC)cc(-c2ccc(C[NH2+]CC[NH+]3CCOCC3)o2)c1. The number of nitrogens with two attached hydrogens (primary N) is 1. The van der Waals surface area contributed by atoms with Crippen LogP contribution in [0.3, 0.4) is 0 Å². The minimum Gasteiger partial charge on any atom is -0.465 e. The van der Waals surface area contributed by atoms with E-state index in [0.717, 1.165) is 51.7 Å². The number of morpholine rings is 1. The predicted molar refractivity (Wildman–Crippen MR) is 104 cm³/mol. The van der Waals surface area contributed by atoms with Crippen LogP contribution in [0.4, 0.5) is 0 Å². The van der Waals surface area contributed by atoms with Gasteiger partial charge in [-0.25, -0.2) is 9.59 Å². The van der Waals surface area contributed by atoms with E-state index in [2.05, 4.69) is 5.32 Å². The summed E-state index contributed by atoms with van der Waals surface area (Å²) in [6, 6.07) is 8.50. The largest absolute Gasteiger partial charge is 0.465 e. The van der Waals surface area contributed by atoms with Crippen LogP contribution >= 0.6 is 0 Å². The third-order valence-electron chi connectivity index (χ3n) is 4.97. The van der Waals surface area contributed by atoms with Crippen molar-refractivity contribution >= 4 is 11.9 Å². The molecule has 1 aromatic heterocycles. The lowest BCUT2D eigenvalue weighted by Crippen LogP contribution is -3.16. The molecule has 0 radical (unpaired) electrons. The molecule has 29 heavy (non-hydrogen) atoms. The maximum absolute atomic E-state index is 12.0. The molecule has 8 heteroatoms. The fourth-order valence-electron chi connectivity index (χ4n) is 3.34. The number of ether oxygens (including phenoxy) is 3. The Bertz CT molecular complexity index is 807. The van der Waals surface area contributed by atoms with Crippen molar-refractivity contribution in [2.45, 2.75) is 6.54 Å². The molecule has 0 aliphatic carbocycles. The number of hydrogen-bond donors (Lipinski definition) is 2. The summed E-state index contributed by atoms with van der Waals surface area (Å²) < 4.78 is 20.9. The van der Waals surface area contributed by atoms with Gasteiger partial charge < -0.3 is 28.8 Å². The first-order chi connectivity index (χ1) is 14.1. The molecule has 0 unspecified atom stereocenters. The van der Waals surface area contributed by atoms with Gasteiger partial charge in [-0.3, -0.25) is 0 Å². The van der Waals surface area contributed by atoms with Crippen molar-refractivity contribution in [2.24, 2.45) is 0 Å². The molecule has 0 atom stereocenters. The van der Waals surface area contributed by atoms with E-state index >= 15 is 0 Å². The van der Waals surface area contributed by atoms with Gasteiger partial charge in [0.2, 0.25) is 0 Å². The number of carbonyl (C=O) groups excluding carboxylic acids is 2.